The molecule has 3 aliphatic heterocycles. The molecule has 0 bridgehead atoms. The van der Waals surface area contributed by atoms with Gasteiger partial charge < -0.3 is 24.6 Å². The lowest BCUT2D eigenvalue weighted by Crippen LogP contribution is -2.62. The Kier molecular flexibility index (Phi) is 5.41. The molecule has 3 heterocycles. The van der Waals surface area contributed by atoms with E-state index in [9.17, 15) is 9.59 Å². The van der Waals surface area contributed by atoms with Crippen LogP contribution in [0.1, 0.15) is 12.8 Å². The maximum absolute atomic E-state index is 12.9. The molecule has 1 aromatic rings. The highest BCUT2D eigenvalue weighted by atomic mass is 35.5. The van der Waals surface area contributed by atoms with Crippen LogP contribution >= 0.6 is 11.6 Å². The summed E-state index contributed by atoms with van der Waals surface area (Å²) >= 11 is 5.98. The standard InChI is InChI=1S/C19H24ClN3O4/c20-14-2-1-3-15(8-14)26-11-13-4-6-22(9-13)19(25)23-7-5-17-16(10-23)21-18(24)12-27-17/h1-3,8,13,16-17H,4-7,9-12H2,(H,21,24)/t13?,16-,17+/m1/s1. The van der Waals surface area contributed by atoms with Gasteiger partial charge in [0.05, 0.1) is 18.8 Å². The first kappa shape index (κ1) is 18.4. The van der Waals surface area contributed by atoms with Crippen LogP contribution in [0.15, 0.2) is 24.3 Å². The number of urea groups is 1. The van der Waals surface area contributed by atoms with E-state index < -0.39 is 0 Å². The molecule has 7 nitrogen and oxygen atoms in total. The number of carbonyl (C=O) groups excluding carboxylic acids is 2. The van der Waals surface area contributed by atoms with Crippen molar-refractivity contribution in [1.29, 1.82) is 0 Å². The molecule has 0 aliphatic carbocycles. The maximum atomic E-state index is 12.9. The number of nitrogens with one attached hydrogen (secondary N) is 1. The maximum Gasteiger partial charge on any atom is 0.320 e. The zero-order valence-corrected chi connectivity index (χ0v) is 15.9. The molecule has 3 fully saturated rings. The van der Waals surface area contributed by atoms with Crippen molar-refractivity contribution in [1.82, 2.24) is 15.1 Å². The molecule has 3 saturated heterocycles. The number of ether oxygens (including phenoxy) is 2. The van der Waals surface area contributed by atoms with Crippen LogP contribution in [0.25, 0.3) is 0 Å². The SMILES string of the molecule is O=C1CO[C@H]2CCN(C(=O)N3CCC(COc4cccc(Cl)c4)C3)C[C@H]2N1. The second-order valence-electron chi connectivity index (χ2n) is 7.41. The number of morpholine rings is 1. The molecule has 0 aromatic heterocycles. The van der Waals surface area contributed by atoms with Gasteiger partial charge in [-0.3, -0.25) is 4.79 Å². The first-order valence-electron chi connectivity index (χ1n) is 9.41. The molecule has 0 spiro atoms. The van der Waals surface area contributed by atoms with Crippen LogP contribution in [0, 0.1) is 5.92 Å². The van der Waals surface area contributed by atoms with Crippen LogP contribution in [0.5, 0.6) is 5.75 Å². The molecule has 1 unspecified atom stereocenters. The monoisotopic (exact) mass is 393 g/mol. The van der Waals surface area contributed by atoms with E-state index in [4.69, 9.17) is 21.1 Å². The zero-order valence-electron chi connectivity index (χ0n) is 15.1. The van der Waals surface area contributed by atoms with Crippen molar-refractivity contribution in [3.8, 4) is 5.75 Å². The van der Waals surface area contributed by atoms with Gasteiger partial charge in [-0.1, -0.05) is 17.7 Å². The molecule has 4 rings (SSSR count). The number of benzene rings is 1. The van der Waals surface area contributed by atoms with Gasteiger partial charge in [0, 0.05) is 37.1 Å². The topological polar surface area (TPSA) is 71.1 Å². The van der Waals surface area contributed by atoms with Gasteiger partial charge in [-0.15, -0.1) is 0 Å². The third-order valence-electron chi connectivity index (χ3n) is 5.43. The Morgan fingerprint density at radius 3 is 2.93 bits per heavy atom. The molecular formula is C19H24ClN3O4. The number of piperidine rings is 1. The van der Waals surface area contributed by atoms with Crippen molar-refractivity contribution in [2.45, 2.75) is 25.0 Å². The highest BCUT2D eigenvalue weighted by molar-refractivity contribution is 6.30. The summed E-state index contributed by atoms with van der Waals surface area (Å²) in [4.78, 5) is 28.1. The fourth-order valence-corrected chi connectivity index (χ4v) is 4.17. The smallest absolute Gasteiger partial charge is 0.320 e. The van der Waals surface area contributed by atoms with Crippen molar-refractivity contribution in [2.24, 2.45) is 5.92 Å². The fourth-order valence-electron chi connectivity index (χ4n) is 3.99. The van der Waals surface area contributed by atoms with Gasteiger partial charge in [0.15, 0.2) is 0 Å². The minimum atomic E-state index is -0.107. The van der Waals surface area contributed by atoms with E-state index in [1.165, 1.54) is 0 Å². The highest BCUT2D eigenvalue weighted by Gasteiger charge is 2.38. The average molecular weight is 394 g/mol. The number of halogens is 1. The summed E-state index contributed by atoms with van der Waals surface area (Å²) in [6.07, 6.45) is 1.70. The minimum absolute atomic E-state index is 0.0178. The largest absolute Gasteiger partial charge is 0.493 e. The molecule has 3 aliphatic rings. The number of likely N-dealkylation sites (tertiary alicyclic amines) is 2. The van der Waals surface area contributed by atoms with Gasteiger partial charge >= 0.3 is 6.03 Å². The molecular weight excluding hydrogens is 370 g/mol. The Morgan fingerprint density at radius 2 is 2.07 bits per heavy atom. The average Bonchev–Trinajstić information content (AvgIpc) is 3.14. The van der Waals surface area contributed by atoms with Gasteiger partial charge in [0.25, 0.3) is 0 Å². The van der Waals surface area contributed by atoms with Gasteiger partial charge in [-0.2, -0.15) is 0 Å². The lowest BCUT2D eigenvalue weighted by atomic mass is 10.0. The van der Waals surface area contributed by atoms with Crippen molar-refractivity contribution in [2.75, 3.05) is 39.4 Å². The summed E-state index contributed by atoms with van der Waals surface area (Å²) in [5, 5.41) is 3.59. The lowest BCUT2D eigenvalue weighted by molar-refractivity contribution is -0.139. The van der Waals surface area contributed by atoms with E-state index in [0.717, 1.165) is 25.1 Å². The second kappa shape index (κ2) is 7.94. The van der Waals surface area contributed by atoms with Gasteiger partial charge in [-0.25, -0.2) is 4.79 Å². The van der Waals surface area contributed by atoms with E-state index in [2.05, 4.69) is 5.32 Å². The molecule has 1 N–H and O–H groups in total. The third-order valence-corrected chi connectivity index (χ3v) is 5.67. The van der Waals surface area contributed by atoms with Crippen LogP contribution in [-0.2, 0) is 9.53 Å². The Hall–Kier alpha value is -1.99. The van der Waals surface area contributed by atoms with Crippen LogP contribution < -0.4 is 10.1 Å². The summed E-state index contributed by atoms with van der Waals surface area (Å²) in [5.41, 5.74) is 0. The Balaban J connectivity index is 1.27. The summed E-state index contributed by atoms with van der Waals surface area (Å²) in [5.74, 6) is 0.954. The van der Waals surface area contributed by atoms with E-state index in [1.807, 2.05) is 28.0 Å². The lowest BCUT2D eigenvalue weighted by Gasteiger charge is -2.42. The fraction of sp³-hybridized carbons (Fsp3) is 0.579. The van der Waals surface area contributed by atoms with E-state index in [1.54, 1.807) is 6.07 Å². The quantitative estimate of drug-likeness (QED) is 0.849. The number of rotatable bonds is 3. The van der Waals surface area contributed by atoms with Gasteiger partial charge in [0.2, 0.25) is 5.91 Å². The summed E-state index contributed by atoms with van der Waals surface area (Å²) < 4.78 is 11.4. The molecule has 8 heteroatoms. The van der Waals surface area contributed by atoms with Crippen LogP contribution in [0.3, 0.4) is 0 Å². The molecule has 3 amide bonds. The molecule has 0 saturated carbocycles. The van der Waals surface area contributed by atoms with Gasteiger partial charge in [0.1, 0.15) is 12.4 Å². The van der Waals surface area contributed by atoms with E-state index in [-0.39, 0.29) is 30.7 Å². The predicted octanol–water partition coefficient (Wildman–Crippen LogP) is 1.75. The van der Waals surface area contributed by atoms with Crippen molar-refractivity contribution >= 4 is 23.5 Å². The van der Waals surface area contributed by atoms with E-state index in [0.29, 0.717) is 37.2 Å². The zero-order chi connectivity index (χ0) is 18.8. The molecule has 27 heavy (non-hydrogen) atoms. The first-order chi connectivity index (χ1) is 13.1. The van der Waals surface area contributed by atoms with Crippen LogP contribution in [0.2, 0.25) is 5.02 Å². The molecule has 0 radical (unpaired) electrons. The van der Waals surface area contributed by atoms with Crippen molar-refractivity contribution in [3.63, 3.8) is 0 Å². The molecule has 146 valence electrons. The Bertz CT molecular complexity index is 716. The number of nitrogens with zero attached hydrogens (tertiary/aromatic N) is 2. The summed E-state index contributed by atoms with van der Waals surface area (Å²) in [7, 11) is 0. The van der Waals surface area contributed by atoms with Crippen molar-refractivity contribution < 1.29 is 19.1 Å². The van der Waals surface area contributed by atoms with Crippen LogP contribution in [-0.4, -0.2) is 73.3 Å². The normalized spacial score (nSPS) is 27.9. The number of hydrogen-bond donors (Lipinski definition) is 1. The second-order valence-corrected chi connectivity index (χ2v) is 7.85. The number of carbonyl (C=O) groups is 2. The van der Waals surface area contributed by atoms with E-state index >= 15 is 0 Å². The minimum Gasteiger partial charge on any atom is -0.493 e. The highest BCUT2D eigenvalue weighted by Crippen LogP contribution is 2.24. The number of hydrogen-bond acceptors (Lipinski definition) is 4. The summed E-state index contributed by atoms with van der Waals surface area (Å²) in [6.45, 7) is 3.28. The number of amides is 3. The number of fused-ring (bicyclic) bond motifs is 1. The van der Waals surface area contributed by atoms with Crippen molar-refractivity contribution in [3.05, 3.63) is 29.3 Å². The first-order valence-corrected chi connectivity index (χ1v) is 9.79. The third kappa shape index (κ3) is 4.30. The molecule has 1 aromatic carbocycles. The summed E-state index contributed by atoms with van der Waals surface area (Å²) in [6, 6.07) is 7.29. The predicted molar refractivity (Wildman–Crippen MR) is 99.9 cm³/mol. The van der Waals surface area contributed by atoms with Gasteiger partial charge in [-0.05, 0) is 31.0 Å². The molecule has 3 atom stereocenters. The Labute approximate surface area is 163 Å². The Morgan fingerprint density at radius 1 is 1.26 bits per heavy atom. The van der Waals surface area contributed by atoms with Crippen LogP contribution in [0.4, 0.5) is 4.79 Å².